The van der Waals surface area contributed by atoms with Gasteiger partial charge in [-0.1, -0.05) is 13.8 Å². The Balaban J connectivity index is 2.29. The number of phenols is 1. The molecule has 1 fully saturated rings. The lowest BCUT2D eigenvalue weighted by atomic mass is 9.64. The summed E-state index contributed by atoms with van der Waals surface area (Å²) in [6.45, 7) is 5.57. The number of ketones is 1. The van der Waals surface area contributed by atoms with Crippen LogP contribution in [-0.2, 0) is 15.0 Å². The number of carbonyl (C=O) groups excluding carboxylic acids is 2. The van der Waals surface area contributed by atoms with Gasteiger partial charge < -0.3 is 9.84 Å². The lowest BCUT2D eigenvalue weighted by Gasteiger charge is -2.34. The first-order valence-corrected chi connectivity index (χ1v) is 6.36. The van der Waals surface area contributed by atoms with E-state index in [1.165, 1.54) is 0 Å². The molecule has 1 spiro atoms. The number of aryl methyl sites for hydroxylation is 1. The first-order chi connectivity index (χ1) is 8.78. The number of hydrogen-bond acceptors (Lipinski definition) is 4. The molecule has 2 aliphatic rings. The molecule has 0 bridgehead atoms. The molecule has 0 amide bonds. The number of aromatic hydroxyl groups is 1. The van der Waals surface area contributed by atoms with E-state index in [2.05, 4.69) is 0 Å². The monoisotopic (exact) mass is 260 g/mol. The minimum atomic E-state index is -0.940. The standard InChI is InChI=1S/C15H16O4/c1-8-4-12-10(5-11(8)17)15(13(18)19-12)7-9(16)6-14(15,2)3/h4-5,17H,6-7H2,1-3H3. The number of carbonyl (C=O) groups is 2. The van der Waals surface area contributed by atoms with Gasteiger partial charge in [0.1, 0.15) is 22.7 Å². The van der Waals surface area contributed by atoms with Gasteiger partial charge in [0.05, 0.1) is 0 Å². The Morgan fingerprint density at radius 3 is 2.47 bits per heavy atom. The molecule has 0 radical (unpaired) electrons. The van der Waals surface area contributed by atoms with E-state index in [9.17, 15) is 14.7 Å². The molecule has 100 valence electrons. The summed E-state index contributed by atoms with van der Waals surface area (Å²) < 4.78 is 5.36. The lowest BCUT2D eigenvalue weighted by Crippen LogP contribution is -2.42. The fourth-order valence-electron chi connectivity index (χ4n) is 3.43. The zero-order valence-electron chi connectivity index (χ0n) is 11.2. The fraction of sp³-hybridized carbons (Fsp3) is 0.467. The van der Waals surface area contributed by atoms with Crippen molar-refractivity contribution in [1.29, 1.82) is 0 Å². The van der Waals surface area contributed by atoms with Gasteiger partial charge in [-0.2, -0.15) is 0 Å². The van der Waals surface area contributed by atoms with Gasteiger partial charge in [-0.15, -0.1) is 0 Å². The van der Waals surface area contributed by atoms with Crippen LogP contribution < -0.4 is 4.74 Å². The zero-order valence-corrected chi connectivity index (χ0v) is 11.2. The molecule has 4 nitrogen and oxygen atoms in total. The van der Waals surface area contributed by atoms with Crippen molar-refractivity contribution in [2.24, 2.45) is 5.41 Å². The molecule has 1 heterocycles. The van der Waals surface area contributed by atoms with E-state index in [0.717, 1.165) is 0 Å². The SMILES string of the molecule is Cc1cc2c(cc1O)C1(CC(=O)CC1(C)C)C(=O)O2. The van der Waals surface area contributed by atoms with Crippen LogP contribution in [0.5, 0.6) is 11.5 Å². The highest BCUT2D eigenvalue weighted by Gasteiger charge is 2.63. The normalized spacial score (nSPS) is 27.7. The minimum absolute atomic E-state index is 0.0647. The smallest absolute Gasteiger partial charge is 0.323 e. The molecular formula is C15H16O4. The van der Waals surface area contributed by atoms with Gasteiger partial charge in [0.15, 0.2) is 0 Å². The fourth-order valence-corrected chi connectivity index (χ4v) is 3.43. The van der Waals surface area contributed by atoms with Gasteiger partial charge >= 0.3 is 5.97 Å². The molecule has 19 heavy (non-hydrogen) atoms. The number of rotatable bonds is 0. The van der Waals surface area contributed by atoms with Gasteiger partial charge in [-0.05, 0) is 30.0 Å². The van der Waals surface area contributed by atoms with Crippen molar-refractivity contribution in [3.05, 3.63) is 23.3 Å². The second-order valence-electron chi connectivity index (χ2n) is 6.21. The van der Waals surface area contributed by atoms with E-state index >= 15 is 0 Å². The van der Waals surface area contributed by atoms with Crippen molar-refractivity contribution in [2.45, 2.75) is 39.0 Å². The Bertz CT molecular complexity index is 615. The number of hydrogen-bond donors (Lipinski definition) is 1. The van der Waals surface area contributed by atoms with Gasteiger partial charge in [0, 0.05) is 18.4 Å². The summed E-state index contributed by atoms with van der Waals surface area (Å²) in [5, 5.41) is 9.90. The van der Waals surface area contributed by atoms with Crippen molar-refractivity contribution >= 4 is 11.8 Å². The molecule has 1 unspecified atom stereocenters. The van der Waals surface area contributed by atoms with Crippen molar-refractivity contribution in [1.82, 2.24) is 0 Å². The van der Waals surface area contributed by atoms with Crippen molar-refractivity contribution in [3.63, 3.8) is 0 Å². The first-order valence-electron chi connectivity index (χ1n) is 6.36. The number of fused-ring (bicyclic) bond motifs is 2. The Morgan fingerprint density at radius 1 is 1.21 bits per heavy atom. The lowest BCUT2D eigenvalue weighted by molar-refractivity contribution is -0.141. The van der Waals surface area contributed by atoms with Crippen LogP contribution in [0.25, 0.3) is 0 Å². The third-order valence-corrected chi connectivity index (χ3v) is 4.57. The number of ether oxygens (including phenoxy) is 1. The molecule has 0 aromatic heterocycles. The Labute approximate surface area is 111 Å². The number of esters is 1. The molecule has 1 aliphatic heterocycles. The summed E-state index contributed by atoms with van der Waals surface area (Å²) in [4.78, 5) is 24.2. The van der Waals surface area contributed by atoms with Crippen LogP contribution in [0.15, 0.2) is 12.1 Å². The minimum Gasteiger partial charge on any atom is -0.508 e. The van der Waals surface area contributed by atoms with Crippen LogP contribution in [0.3, 0.4) is 0 Å². The van der Waals surface area contributed by atoms with Gasteiger partial charge in [0.25, 0.3) is 0 Å². The molecule has 1 aromatic carbocycles. The van der Waals surface area contributed by atoms with Gasteiger partial charge in [-0.3, -0.25) is 9.59 Å². The van der Waals surface area contributed by atoms with E-state index in [-0.39, 0.29) is 23.9 Å². The quantitative estimate of drug-likeness (QED) is 0.574. The average Bonchev–Trinajstić information content (AvgIpc) is 2.67. The van der Waals surface area contributed by atoms with Crippen LogP contribution in [0.4, 0.5) is 0 Å². The van der Waals surface area contributed by atoms with Crippen molar-refractivity contribution in [2.75, 3.05) is 0 Å². The van der Waals surface area contributed by atoms with Crippen molar-refractivity contribution in [3.8, 4) is 11.5 Å². The highest BCUT2D eigenvalue weighted by Crippen LogP contribution is 2.59. The maximum Gasteiger partial charge on any atom is 0.323 e. The summed E-state index contributed by atoms with van der Waals surface area (Å²) in [5.41, 5.74) is -0.124. The van der Waals surface area contributed by atoms with E-state index in [4.69, 9.17) is 4.74 Å². The second-order valence-corrected chi connectivity index (χ2v) is 6.21. The predicted molar refractivity (Wildman–Crippen MR) is 68.2 cm³/mol. The maximum absolute atomic E-state index is 12.4. The summed E-state index contributed by atoms with van der Waals surface area (Å²) in [5.74, 6) is 0.299. The zero-order chi connectivity index (χ0) is 14.0. The average molecular weight is 260 g/mol. The molecule has 3 rings (SSSR count). The van der Waals surface area contributed by atoms with E-state index in [1.54, 1.807) is 19.1 Å². The molecule has 1 saturated carbocycles. The number of phenolic OH excluding ortho intramolecular Hbond substituents is 1. The molecule has 1 aliphatic carbocycles. The second kappa shape index (κ2) is 3.38. The molecular weight excluding hydrogens is 244 g/mol. The highest BCUT2D eigenvalue weighted by atomic mass is 16.5. The van der Waals surface area contributed by atoms with E-state index < -0.39 is 10.8 Å². The van der Waals surface area contributed by atoms with E-state index in [1.807, 2.05) is 13.8 Å². The molecule has 1 N–H and O–H groups in total. The molecule has 1 atom stereocenters. The third-order valence-electron chi connectivity index (χ3n) is 4.57. The molecule has 1 aromatic rings. The van der Waals surface area contributed by atoms with Crippen LogP contribution in [-0.4, -0.2) is 16.9 Å². The summed E-state index contributed by atoms with van der Waals surface area (Å²) in [6, 6.07) is 3.24. The van der Waals surface area contributed by atoms with E-state index in [0.29, 0.717) is 23.3 Å². The Kier molecular flexibility index (Phi) is 2.17. The number of benzene rings is 1. The third kappa shape index (κ3) is 1.34. The topological polar surface area (TPSA) is 63.6 Å². The van der Waals surface area contributed by atoms with Crippen LogP contribution in [0.2, 0.25) is 0 Å². The van der Waals surface area contributed by atoms with Gasteiger partial charge in [0.2, 0.25) is 0 Å². The molecule has 0 saturated heterocycles. The highest BCUT2D eigenvalue weighted by molar-refractivity contribution is 6.00. The maximum atomic E-state index is 12.4. The van der Waals surface area contributed by atoms with Crippen LogP contribution in [0.1, 0.15) is 37.8 Å². The van der Waals surface area contributed by atoms with Crippen LogP contribution >= 0.6 is 0 Å². The first kappa shape index (κ1) is 12.2. The van der Waals surface area contributed by atoms with Crippen molar-refractivity contribution < 1.29 is 19.4 Å². The summed E-state index contributed by atoms with van der Waals surface area (Å²) >= 11 is 0. The summed E-state index contributed by atoms with van der Waals surface area (Å²) in [6.07, 6.45) is 0.518. The summed E-state index contributed by atoms with van der Waals surface area (Å²) in [7, 11) is 0. The van der Waals surface area contributed by atoms with Crippen LogP contribution in [0, 0.1) is 12.3 Å². The predicted octanol–water partition coefficient (Wildman–Crippen LogP) is 2.25. The molecule has 4 heteroatoms. The Hall–Kier alpha value is -1.84. The number of Topliss-reactive ketones (excluding diaryl/α,β-unsaturated/α-hetero) is 1. The Morgan fingerprint density at radius 2 is 1.89 bits per heavy atom. The van der Waals surface area contributed by atoms with Gasteiger partial charge in [-0.25, -0.2) is 0 Å². The largest absolute Gasteiger partial charge is 0.508 e.